The van der Waals surface area contributed by atoms with Crippen LogP contribution in [0, 0.1) is 0 Å². The maximum Gasteiger partial charge on any atom is 0.142 e. The molecule has 1 heterocycles. The van der Waals surface area contributed by atoms with Gasteiger partial charge in [0.15, 0.2) is 0 Å². The van der Waals surface area contributed by atoms with Gasteiger partial charge in [0.25, 0.3) is 0 Å². The van der Waals surface area contributed by atoms with Crippen molar-refractivity contribution < 1.29 is 4.74 Å². The molecule has 0 spiro atoms. The number of rotatable bonds is 3. The molecule has 0 aromatic heterocycles. The molecule has 1 fully saturated rings. The zero-order chi connectivity index (χ0) is 12.4. The Labute approximate surface area is 109 Å². The molecular weight excluding hydrogens is 224 g/mol. The zero-order valence-corrected chi connectivity index (χ0v) is 11.0. The van der Waals surface area contributed by atoms with Gasteiger partial charge in [0.05, 0.1) is 12.2 Å². The highest BCUT2D eigenvalue weighted by Crippen LogP contribution is 2.30. The molecule has 98 valence electrons. The van der Waals surface area contributed by atoms with Crippen LogP contribution < -0.4 is 15.4 Å². The number of anilines is 1. The molecule has 3 nitrogen and oxygen atoms in total. The molecule has 18 heavy (non-hydrogen) atoms. The molecule has 0 radical (unpaired) electrons. The molecule has 1 saturated carbocycles. The van der Waals surface area contributed by atoms with E-state index < -0.39 is 0 Å². The molecule has 3 rings (SSSR count). The van der Waals surface area contributed by atoms with Crippen LogP contribution in [-0.4, -0.2) is 24.7 Å². The summed E-state index contributed by atoms with van der Waals surface area (Å²) in [6, 6.07) is 8.16. The fourth-order valence-electron chi connectivity index (χ4n) is 2.97. The molecule has 1 aliphatic carbocycles. The van der Waals surface area contributed by atoms with E-state index >= 15 is 0 Å². The molecule has 1 unspecified atom stereocenters. The second kappa shape index (κ2) is 4.81. The van der Waals surface area contributed by atoms with Crippen molar-refractivity contribution >= 4 is 5.69 Å². The summed E-state index contributed by atoms with van der Waals surface area (Å²) in [5, 5.41) is 7.13. The Morgan fingerprint density at radius 1 is 1.33 bits per heavy atom. The number of fused-ring (bicyclic) bond motifs is 1. The van der Waals surface area contributed by atoms with E-state index in [9.17, 15) is 0 Å². The van der Waals surface area contributed by atoms with Crippen LogP contribution in [0.25, 0.3) is 0 Å². The van der Waals surface area contributed by atoms with Crippen molar-refractivity contribution in [3.8, 4) is 5.75 Å². The summed E-state index contributed by atoms with van der Waals surface area (Å²) in [7, 11) is 0. The number of benzene rings is 1. The van der Waals surface area contributed by atoms with E-state index in [-0.39, 0.29) is 6.10 Å². The smallest absolute Gasteiger partial charge is 0.142 e. The number of nitrogens with one attached hydrogen (secondary N) is 2. The monoisotopic (exact) mass is 246 g/mol. The molecule has 1 aromatic carbocycles. The van der Waals surface area contributed by atoms with Gasteiger partial charge in [-0.1, -0.05) is 25.0 Å². The Hall–Kier alpha value is -1.22. The number of hydrogen-bond donors (Lipinski definition) is 2. The van der Waals surface area contributed by atoms with Gasteiger partial charge in [-0.2, -0.15) is 0 Å². The fourth-order valence-corrected chi connectivity index (χ4v) is 2.97. The van der Waals surface area contributed by atoms with E-state index in [1.807, 2.05) is 18.2 Å². The van der Waals surface area contributed by atoms with Crippen molar-refractivity contribution in [2.45, 2.75) is 44.2 Å². The molecule has 1 aliphatic heterocycles. The molecule has 2 aliphatic rings. The second-order valence-corrected chi connectivity index (χ2v) is 5.77. The minimum Gasteiger partial charge on any atom is -0.485 e. The van der Waals surface area contributed by atoms with Crippen molar-refractivity contribution in [2.24, 2.45) is 0 Å². The third kappa shape index (κ3) is 2.46. The van der Waals surface area contributed by atoms with Crippen LogP contribution in [0.3, 0.4) is 0 Å². The average Bonchev–Trinajstić information content (AvgIpc) is 2.84. The van der Waals surface area contributed by atoms with E-state index in [1.165, 1.54) is 25.7 Å². The van der Waals surface area contributed by atoms with Gasteiger partial charge in [0.1, 0.15) is 11.9 Å². The second-order valence-electron chi connectivity index (χ2n) is 5.77. The van der Waals surface area contributed by atoms with Crippen LogP contribution in [0.4, 0.5) is 5.69 Å². The minimum atomic E-state index is 0.234. The van der Waals surface area contributed by atoms with Gasteiger partial charge in [0.2, 0.25) is 0 Å². The molecule has 1 atom stereocenters. The summed E-state index contributed by atoms with van der Waals surface area (Å²) >= 11 is 0. The van der Waals surface area contributed by atoms with Crippen LogP contribution in [0.2, 0.25) is 0 Å². The van der Waals surface area contributed by atoms with Crippen molar-refractivity contribution in [3.63, 3.8) is 0 Å². The van der Waals surface area contributed by atoms with Gasteiger partial charge in [-0.25, -0.2) is 0 Å². The van der Waals surface area contributed by atoms with Crippen LogP contribution in [0.5, 0.6) is 5.75 Å². The van der Waals surface area contributed by atoms with Crippen LogP contribution >= 0.6 is 0 Å². The number of hydrogen-bond acceptors (Lipinski definition) is 3. The highest BCUT2D eigenvalue weighted by Gasteiger charge is 2.29. The average molecular weight is 246 g/mol. The van der Waals surface area contributed by atoms with Crippen LogP contribution in [0.15, 0.2) is 24.3 Å². The zero-order valence-electron chi connectivity index (χ0n) is 11.0. The van der Waals surface area contributed by atoms with E-state index in [0.717, 1.165) is 24.5 Å². The van der Waals surface area contributed by atoms with Crippen LogP contribution in [-0.2, 0) is 0 Å². The van der Waals surface area contributed by atoms with Gasteiger partial charge >= 0.3 is 0 Å². The first-order valence-corrected chi connectivity index (χ1v) is 7.00. The SMILES string of the molecule is CC1(NCC2CNc3ccccc3O2)CCCC1. The molecule has 0 bridgehead atoms. The highest BCUT2D eigenvalue weighted by molar-refractivity contribution is 5.57. The van der Waals surface area contributed by atoms with Crippen molar-refractivity contribution in [1.82, 2.24) is 5.32 Å². The van der Waals surface area contributed by atoms with Gasteiger partial charge in [-0.05, 0) is 31.9 Å². The lowest BCUT2D eigenvalue weighted by molar-refractivity contribution is 0.184. The van der Waals surface area contributed by atoms with E-state index in [0.29, 0.717) is 5.54 Å². The summed E-state index contributed by atoms with van der Waals surface area (Å²) in [6.45, 7) is 4.15. The summed E-state index contributed by atoms with van der Waals surface area (Å²) in [5.74, 6) is 0.979. The third-order valence-electron chi connectivity index (χ3n) is 4.16. The Morgan fingerprint density at radius 2 is 2.11 bits per heavy atom. The first-order chi connectivity index (χ1) is 8.75. The van der Waals surface area contributed by atoms with E-state index in [1.54, 1.807) is 0 Å². The Kier molecular flexibility index (Phi) is 3.16. The van der Waals surface area contributed by atoms with Gasteiger partial charge < -0.3 is 15.4 Å². The topological polar surface area (TPSA) is 33.3 Å². The number of para-hydroxylation sites is 2. The standard InChI is InChI=1S/C15H22N2O/c1-15(8-4-5-9-15)17-11-12-10-16-13-6-2-3-7-14(13)18-12/h2-3,6-7,12,16-17H,4-5,8-11H2,1H3. The van der Waals surface area contributed by atoms with E-state index in [4.69, 9.17) is 4.74 Å². The summed E-state index contributed by atoms with van der Waals surface area (Å²) < 4.78 is 6.01. The summed E-state index contributed by atoms with van der Waals surface area (Å²) in [4.78, 5) is 0. The maximum absolute atomic E-state index is 6.01. The molecular formula is C15H22N2O. The summed E-state index contributed by atoms with van der Waals surface area (Å²) in [5.41, 5.74) is 1.45. The lowest BCUT2D eigenvalue weighted by Gasteiger charge is -2.32. The predicted octanol–water partition coefficient (Wildman–Crippen LogP) is 2.78. The Balaban J connectivity index is 1.56. The fraction of sp³-hybridized carbons (Fsp3) is 0.600. The lowest BCUT2D eigenvalue weighted by atomic mass is 10.0. The molecule has 2 N–H and O–H groups in total. The molecule has 1 aromatic rings. The minimum absolute atomic E-state index is 0.234. The van der Waals surface area contributed by atoms with Crippen molar-refractivity contribution in [1.29, 1.82) is 0 Å². The van der Waals surface area contributed by atoms with E-state index in [2.05, 4.69) is 23.6 Å². The molecule has 3 heteroatoms. The highest BCUT2D eigenvalue weighted by atomic mass is 16.5. The predicted molar refractivity (Wildman–Crippen MR) is 74.2 cm³/mol. The molecule has 0 saturated heterocycles. The lowest BCUT2D eigenvalue weighted by Crippen LogP contribution is -2.47. The normalized spacial score (nSPS) is 25.1. The first-order valence-electron chi connectivity index (χ1n) is 7.00. The molecule has 0 amide bonds. The third-order valence-corrected chi connectivity index (χ3v) is 4.16. The Morgan fingerprint density at radius 3 is 2.94 bits per heavy atom. The first kappa shape index (κ1) is 11.8. The maximum atomic E-state index is 6.01. The van der Waals surface area contributed by atoms with Crippen LogP contribution in [0.1, 0.15) is 32.6 Å². The summed E-state index contributed by atoms with van der Waals surface area (Å²) in [6.07, 6.45) is 5.54. The van der Waals surface area contributed by atoms with Gasteiger partial charge in [-0.15, -0.1) is 0 Å². The van der Waals surface area contributed by atoms with Crippen molar-refractivity contribution in [3.05, 3.63) is 24.3 Å². The Bertz CT molecular complexity index is 413. The quantitative estimate of drug-likeness (QED) is 0.860. The number of ether oxygens (including phenoxy) is 1. The largest absolute Gasteiger partial charge is 0.485 e. The van der Waals surface area contributed by atoms with Gasteiger partial charge in [0, 0.05) is 12.1 Å². The van der Waals surface area contributed by atoms with Gasteiger partial charge in [-0.3, -0.25) is 0 Å². The van der Waals surface area contributed by atoms with Crippen molar-refractivity contribution in [2.75, 3.05) is 18.4 Å².